The first kappa shape index (κ1) is 13.3. The van der Waals surface area contributed by atoms with Crippen LogP contribution < -0.4 is 5.32 Å². The van der Waals surface area contributed by atoms with Crippen LogP contribution in [0.25, 0.3) is 0 Å². The predicted octanol–water partition coefficient (Wildman–Crippen LogP) is 4.99. The highest BCUT2D eigenvalue weighted by molar-refractivity contribution is 9.10. The summed E-state index contributed by atoms with van der Waals surface area (Å²) in [4.78, 5) is 0. The minimum Gasteiger partial charge on any atom is -0.381 e. The molecule has 1 N–H and O–H groups in total. The van der Waals surface area contributed by atoms with Gasteiger partial charge in [-0.3, -0.25) is 0 Å². The molecule has 94 valence electrons. The molecule has 0 amide bonds. The topological polar surface area (TPSA) is 12.0 Å². The van der Waals surface area contributed by atoms with Crippen molar-refractivity contribution in [1.82, 2.24) is 0 Å². The molecule has 0 unspecified atom stereocenters. The number of nitrogens with one attached hydrogen (secondary N) is 1. The van der Waals surface area contributed by atoms with Crippen molar-refractivity contribution in [2.24, 2.45) is 0 Å². The van der Waals surface area contributed by atoms with E-state index in [2.05, 4.69) is 21.2 Å². The van der Waals surface area contributed by atoms with Crippen molar-refractivity contribution >= 4 is 33.2 Å². The van der Waals surface area contributed by atoms with Gasteiger partial charge in [-0.15, -0.1) is 0 Å². The fourth-order valence-corrected chi connectivity index (χ4v) is 2.01. The lowest BCUT2D eigenvalue weighted by molar-refractivity contribution is 0.612. The van der Waals surface area contributed by atoms with Crippen LogP contribution in [0.15, 0.2) is 40.9 Å². The van der Waals surface area contributed by atoms with Crippen LogP contribution in [-0.2, 0) is 6.54 Å². The van der Waals surface area contributed by atoms with E-state index in [1.165, 1.54) is 12.1 Å². The highest BCUT2D eigenvalue weighted by Gasteiger charge is 2.04. The lowest BCUT2D eigenvalue weighted by Crippen LogP contribution is -2.01. The van der Waals surface area contributed by atoms with Gasteiger partial charge in [0.25, 0.3) is 0 Å². The normalized spacial score (nSPS) is 10.4. The van der Waals surface area contributed by atoms with Crippen LogP contribution in [0.5, 0.6) is 0 Å². The Hall–Kier alpha value is -1.13. The quantitative estimate of drug-likeness (QED) is 0.834. The second kappa shape index (κ2) is 5.67. The van der Waals surface area contributed by atoms with Crippen molar-refractivity contribution in [3.63, 3.8) is 0 Å². The van der Waals surface area contributed by atoms with Crippen LogP contribution in [0.3, 0.4) is 0 Å². The molecule has 0 spiro atoms. The molecule has 0 aliphatic heterocycles. The SMILES string of the molecule is Fc1ccc(NCc2ccc(Cl)cc2F)cc1Br. The second-order valence-electron chi connectivity index (χ2n) is 3.72. The Morgan fingerprint density at radius 1 is 1.06 bits per heavy atom. The van der Waals surface area contributed by atoms with E-state index in [9.17, 15) is 8.78 Å². The Bertz CT molecular complexity index is 575. The summed E-state index contributed by atoms with van der Waals surface area (Å²) in [6, 6.07) is 9.03. The summed E-state index contributed by atoms with van der Waals surface area (Å²) in [5.74, 6) is -0.700. The molecular weight excluding hydrogens is 324 g/mol. The Morgan fingerprint density at radius 3 is 2.50 bits per heavy atom. The van der Waals surface area contributed by atoms with Gasteiger partial charge >= 0.3 is 0 Å². The van der Waals surface area contributed by atoms with E-state index in [0.29, 0.717) is 27.3 Å². The Labute approximate surface area is 117 Å². The molecule has 18 heavy (non-hydrogen) atoms. The monoisotopic (exact) mass is 331 g/mol. The summed E-state index contributed by atoms with van der Waals surface area (Å²) in [5, 5.41) is 3.37. The highest BCUT2D eigenvalue weighted by Crippen LogP contribution is 2.21. The molecule has 0 heterocycles. The van der Waals surface area contributed by atoms with Crippen LogP contribution in [0.1, 0.15) is 5.56 Å². The van der Waals surface area contributed by atoms with Crippen LogP contribution in [0.4, 0.5) is 14.5 Å². The molecule has 2 aromatic carbocycles. The maximum Gasteiger partial charge on any atom is 0.137 e. The van der Waals surface area contributed by atoms with Crippen LogP contribution in [0.2, 0.25) is 5.02 Å². The average molecular weight is 333 g/mol. The summed E-state index contributed by atoms with van der Waals surface area (Å²) in [6.07, 6.45) is 0. The third-order valence-electron chi connectivity index (χ3n) is 2.42. The Balaban J connectivity index is 2.09. The molecule has 2 aromatic rings. The second-order valence-corrected chi connectivity index (χ2v) is 5.01. The van der Waals surface area contributed by atoms with Gasteiger partial charge in [-0.2, -0.15) is 0 Å². The molecular formula is C13H9BrClF2N. The van der Waals surface area contributed by atoms with Crippen molar-refractivity contribution in [2.45, 2.75) is 6.54 Å². The van der Waals surface area contributed by atoms with E-state index >= 15 is 0 Å². The number of rotatable bonds is 3. The fourth-order valence-electron chi connectivity index (χ4n) is 1.47. The maximum absolute atomic E-state index is 13.5. The molecule has 5 heteroatoms. The van der Waals surface area contributed by atoms with Crippen molar-refractivity contribution < 1.29 is 8.78 Å². The smallest absolute Gasteiger partial charge is 0.137 e. The molecule has 1 nitrogen and oxygen atoms in total. The zero-order valence-electron chi connectivity index (χ0n) is 9.18. The first-order valence-electron chi connectivity index (χ1n) is 5.19. The predicted molar refractivity (Wildman–Crippen MR) is 72.8 cm³/mol. The molecule has 0 saturated carbocycles. The first-order chi connectivity index (χ1) is 8.56. The molecule has 0 atom stereocenters. The minimum absolute atomic E-state index is 0.307. The number of anilines is 1. The zero-order chi connectivity index (χ0) is 13.1. The number of benzene rings is 2. The highest BCUT2D eigenvalue weighted by atomic mass is 79.9. The van der Waals surface area contributed by atoms with Gasteiger partial charge < -0.3 is 5.32 Å². The maximum atomic E-state index is 13.5. The summed E-state index contributed by atoms with van der Waals surface area (Å²) < 4.78 is 26.9. The molecule has 0 aliphatic rings. The van der Waals surface area contributed by atoms with Crippen LogP contribution >= 0.6 is 27.5 Å². The zero-order valence-corrected chi connectivity index (χ0v) is 11.5. The minimum atomic E-state index is -0.365. The van der Waals surface area contributed by atoms with Crippen LogP contribution in [-0.4, -0.2) is 0 Å². The standard InChI is InChI=1S/C13H9BrClF2N/c14-11-6-10(3-4-12(11)16)18-7-8-1-2-9(15)5-13(8)17/h1-6,18H,7H2. The molecule has 0 bridgehead atoms. The van der Waals surface area contributed by atoms with Crippen molar-refractivity contribution in [1.29, 1.82) is 0 Å². The summed E-state index contributed by atoms with van der Waals surface area (Å²) >= 11 is 8.75. The van der Waals surface area contributed by atoms with Gasteiger partial charge in [-0.05, 0) is 46.3 Å². The van der Waals surface area contributed by atoms with Gasteiger partial charge in [0.1, 0.15) is 11.6 Å². The first-order valence-corrected chi connectivity index (χ1v) is 6.36. The van der Waals surface area contributed by atoms with E-state index < -0.39 is 0 Å². The molecule has 0 aromatic heterocycles. The number of halogens is 4. The van der Waals surface area contributed by atoms with E-state index in [-0.39, 0.29) is 11.6 Å². The average Bonchev–Trinajstić information content (AvgIpc) is 2.32. The number of hydrogen-bond acceptors (Lipinski definition) is 1. The lowest BCUT2D eigenvalue weighted by atomic mass is 10.2. The summed E-state index contributed by atoms with van der Waals surface area (Å²) in [7, 11) is 0. The van der Waals surface area contributed by atoms with Crippen molar-refractivity contribution in [2.75, 3.05) is 5.32 Å². The van der Waals surface area contributed by atoms with E-state index in [0.717, 1.165) is 0 Å². The van der Waals surface area contributed by atoms with E-state index in [1.807, 2.05) is 0 Å². The molecule has 0 aliphatic carbocycles. The van der Waals surface area contributed by atoms with Gasteiger partial charge in [-0.1, -0.05) is 17.7 Å². The third-order valence-corrected chi connectivity index (χ3v) is 3.26. The van der Waals surface area contributed by atoms with Crippen molar-refractivity contribution in [3.8, 4) is 0 Å². The largest absolute Gasteiger partial charge is 0.381 e. The summed E-state index contributed by atoms with van der Waals surface area (Å²) in [5.41, 5.74) is 1.21. The van der Waals surface area contributed by atoms with Gasteiger partial charge in [0.05, 0.1) is 4.47 Å². The Morgan fingerprint density at radius 2 is 1.83 bits per heavy atom. The van der Waals surface area contributed by atoms with E-state index in [4.69, 9.17) is 11.6 Å². The summed E-state index contributed by atoms with van der Waals surface area (Å²) in [6.45, 7) is 0.307. The fraction of sp³-hybridized carbons (Fsp3) is 0.0769. The van der Waals surface area contributed by atoms with Gasteiger partial charge in [0, 0.05) is 22.8 Å². The lowest BCUT2D eigenvalue weighted by Gasteiger charge is -2.08. The van der Waals surface area contributed by atoms with Gasteiger partial charge in [0.2, 0.25) is 0 Å². The number of hydrogen-bond donors (Lipinski definition) is 1. The molecule has 0 radical (unpaired) electrons. The van der Waals surface area contributed by atoms with Gasteiger partial charge in [0.15, 0.2) is 0 Å². The Kier molecular flexibility index (Phi) is 4.19. The molecule has 2 rings (SSSR count). The van der Waals surface area contributed by atoms with Crippen LogP contribution in [0, 0.1) is 11.6 Å². The van der Waals surface area contributed by atoms with E-state index in [1.54, 1.807) is 24.3 Å². The third kappa shape index (κ3) is 3.21. The molecule has 0 fully saturated rings. The van der Waals surface area contributed by atoms with Gasteiger partial charge in [-0.25, -0.2) is 8.78 Å². The van der Waals surface area contributed by atoms with Crippen molar-refractivity contribution in [3.05, 3.63) is 63.1 Å². The molecule has 0 saturated heterocycles.